The Morgan fingerprint density at radius 2 is 2.05 bits per heavy atom. The van der Waals surface area contributed by atoms with Gasteiger partial charge in [-0.05, 0) is 24.6 Å². The molecule has 0 spiro atoms. The van der Waals surface area contributed by atoms with E-state index in [0.29, 0.717) is 23.6 Å². The molecule has 1 rings (SSSR count). The van der Waals surface area contributed by atoms with E-state index in [4.69, 9.17) is 27.4 Å². The fourth-order valence-corrected chi connectivity index (χ4v) is 2.02. The predicted octanol–water partition coefficient (Wildman–Crippen LogP) is 1.84. The zero-order chi connectivity index (χ0) is 15.1. The van der Waals surface area contributed by atoms with Gasteiger partial charge in [-0.3, -0.25) is 4.79 Å². The molecule has 6 heteroatoms. The van der Waals surface area contributed by atoms with Crippen molar-refractivity contribution in [2.75, 3.05) is 27.3 Å². The lowest BCUT2D eigenvalue weighted by Crippen LogP contribution is -2.38. The molecular weight excluding hydrogens is 276 g/mol. The average molecular weight is 296 g/mol. The Balaban J connectivity index is 3.11. The summed E-state index contributed by atoms with van der Waals surface area (Å²) in [6.07, 6.45) is 0.820. The largest absolute Gasteiger partial charge is 0.497 e. The number of ether oxygens (including phenoxy) is 2. The fourth-order valence-electron chi connectivity index (χ4n) is 1.86. The molecule has 0 bridgehead atoms. The van der Waals surface area contributed by atoms with Crippen LogP contribution in [0.3, 0.4) is 0 Å². The van der Waals surface area contributed by atoms with Crippen LogP contribution in [0.1, 0.15) is 23.7 Å². The van der Waals surface area contributed by atoms with Crippen LogP contribution in [0, 0.1) is 0 Å². The van der Waals surface area contributed by atoms with E-state index in [2.05, 4.69) is 0 Å². The number of hydrogen-bond donors (Lipinski definition) is 1. The van der Waals surface area contributed by atoms with Crippen LogP contribution in [-0.4, -0.2) is 43.1 Å². The Bertz CT molecular complexity index is 491. The molecule has 0 fully saturated rings. The van der Waals surface area contributed by atoms with Crippen molar-refractivity contribution in [1.82, 2.24) is 4.90 Å². The van der Waals surface area contributed by atoms with Gasteiger partial charge in [-0.1, -0.05) is 19.1 Å². The lowest BCUT2D eigenvalue weighted by molar-refractivity contribution is 0.0776. The van der Waals surface area contributed by atoms with Crippen LogP contribution in [0.25, 0.3) is 0 Å². The summed E-state index contributed by atoms with van der Waals surface area (Å²) < 4.78 is 10.4. The van der Waals surface area contributed by atoms with E-state index in [1.807, 2.05) is 6.92 Å². The zero-order valence-corrected chi connectivity index (χ0v) is 12.8. The highest BCUT2D eigenvalue weighted by atomic mass is 32.1. The molecule has 0 aliphatic heterocycles. The molecule has 0 unspecified atom stereocenters. The van der Waals surface area contributed by atoms with Crippen molar-refractivity contribution in [1.29, 1.82) is 0 Å². The molecule has 0 saturated heterocycles. The smallest absolute Gasteiger partial charge is 0.258 e. The highest BCUT2D eigenvalue weighted by Crippen LogP contribution is 2.25. The van der Waals surface area contributed by atoms with Crippen LogP contribution in [0.5, 0.6) is 11.5 Å². The molecule has 20 heavy (non-hydrogen) atoms. The van der Waals surface area contributed by atoms with Gasteiger partial charge in [0, 0.05) is 6.54 Å². The molecule has 0 saturated carbocycles. The summed E-state index contributed by atoms with van der Waals surface area (Å²) in [6.45, 7) is 2.82. The second-order valence-electron chi connectivity index (χ2n) is 4.26. The van der Waals surface area contributed by atoms with Crippen molar-refractivity contribution in [3.8, 4) is 11.5 Å². The van der Waals surface area contributed by atoms with Gasteiger partial charge in [0.05, 0.1) is 31.3 Å². The van der Waals surface area contributed by atoms with E-state index < -0.39 is 0 Å². The Kier molecular flexibility index (Phi) is 6.24. The molecule has 1 aromatic carbocycles. The molecule has 5 nitrogen and oxygen atoms in total. The molecule has 0 aliphatic carbocycles. The Morgan fingerprint density at radius 1 is 1.35 bits per heavy atom. The monoisotopic (exact) mass is 296 g/mol. The van der Waals surface area contributed by atoms with Gasteiger partial charge in [0.1, 0.15) is 11.5 Å². The molecule has 0 heterocycles. The standard InChI is InChI=1S/C14H20N2O3S/c1-4-7-16(9-13(15)20)14(17)11-8-10(18-2)5-6-12(11)19-3/h5-6,8H,4,7,9H2,1-3H3,(H2,15,20). The number of carbonyl (C=O) groups excluding carboxylic acids is 1. The minimum absolute atomic E-state index is 0.171. The second-order valence-corrected chi connectivity index (χ2v) is 4.78. The van der Waals surface area contributed by atoms with E-state index in [0.717, 1.165) is 6.42 Å². The number of methoxy groups -OCH3 is 2. The van der Waals surface area contributed by atoms with E-state index in [-0.39, 0.29) is 17.4 Å². The number of benzene rings is 1. The quantitative estimate of drug-likeness (QED) is 0.778. The zero-order valence-electron chi connectivity index (χ0n) is 12.0. The van der Waals surface area contributed by atoms with Gasteiger partial charge in [0.2, 0.25) is 0 Å². The lowest BCUT2D eigenvalue weighted by Gasteiger charge is -2.22. The number of carbonyl (C=O) groups is 1. The van der Waals surface area contributed by atoms with Gasteiger partial charge >= 0.3 is 0 Å². The maximum absolute atomic E-state index is 12.6. The normalized spacial score (nSPS) is 9.95. The third-order valence-corrected chi connectivity index (χ3v) is 2.89. The number of amides is 1. The van der Waals surface area contributed by atoms with E-state index in [9.17, 15) is 4.79 Å². The van der Waals surface area contributed by atoms with Crippen molar-refractivity contribution in [3.05, 3.63) is 23.8 Å². The molecular formula is C14H20N2O3S. The number of nitrogens with zero attached hydrogens (tertiary/aromatic N) is 1. The third kappa shape index (κ3) is 4.09. The maximum Gasteiger partial charge on any atom is 0.258 e. The Morgan fingerprint density at radius 3 is 2.55 bits per heavy atom. The van der Waals surface area contributed by atoms with Gasteiger partial charge in [0.15, 0.2) is 0 Å². The molecule has 2 N–H and O–H groups in total. The Hall–Kier alpha value is -1.82. The van der Waals surface area contributed by atoms with E-state index >= 15 is 0 Å². The minimum atomic E-state index is -0.171. The van der Waals surface area contributed by atoms with Crippen LogP contribution >= 0.6 is 12.2 Å². The molecule has 0 atom stereocenters. The van der Waals surface area contributed by atoms with Crippen molar-refractivity contribution >= 4 is 23.1 Å². The summed E-state index contributed by atoms with van der Waals surface area (Å²) in [5.41, 5.74) is 5.99. The molecule has 1 aromatic rings. The first kappa shape index (κ1) is 16.2. The first-order valence-electron chi connectivity index (χ1n) is 6.33. The van der Waals surface area contributed by atoms with Crippen LogP contribution in [0.4, 0.5) is 0 Å². The minimum Gasteiger partial charge on any atom is -0.497 e. The number of hydrogen-bond acceptors (Lipinski definition) is 4. The second kappa shape index (κ2) is 7.69. The van der Waals surface area contributed by atoms with E-state index in [1.165, 1.54) is 7.11 Å². The third-order valence-electron chi connectivity index (χ3n) is 2.76. The van der Waals surface area contributed by atoms with Crippen molar-refractivity contribution in [2.45, 2.75) is 13.3 Å². The van der Waals surface area contributed by atoms with Crippen LogP contribution in [0.15, 0.2) is 18.2 Å². The molecule has 110 valence electrons. The fraction of sp³-hybridized carbons (Fsp3) is 0.429. The van der Waals surface area contributed by atoms with Crippen LogP contribution in [-0.2, 0) is 0 Å². The Labute approximate surface area is 124 Å². The number of nitrogens with two attached hydrogens (primary N) is 1. The van der Waals surface area contributed by atoms with Crippen LogP contribution < -0.4 is 15.2 Å². The average Bonchev–Trinajstić information content (AvgIpc) is 2.44. The summed E-state index contributed by atoms with van der Waals surface area (Å²) in [6, 6.07) is 5.10. The molecule has 0 radical (unpaired) electrons. The molecule has 1 amide bonds. The van der Waals surface area contributed by atoms with Gasteiger partial charge in [0.25, 0.3) is 5.91 Å². The van der Waals surface area contributed by atoms with Gasteiger partial charge in [-0.25, -0.2) is 0 Å². The topological polar surface area (TPSA) is 64.8 Å². The van der Waals surface area contributed by atoms with Crippen molar-refractivity contribution < 1.29 is 14.3 Å². The van der Waals surface area contributed by atoms with Crippen LogP contribution in [0.2, 0.25) is 0 Å². The van der Waals surface area contributed by atoms with Gasteiger partial charge in [-0.15, -0.1) is 0 Å². The highest BCUT2D eigenvalue weighted by molar-refractivity contribution is 7.80. The molecule has 0 aromatic heterocycles. The SMILES string of the molecule is CCCN(CC(N)=S)C(=O)c1cc(OC)ccc1OC. The first-order chi connectivity index (χ1) is 9.53. The summed E-state index contributed by atoms with van der Waals surface area (Å²) in [7, 11) is 3.07. The summed E-state index contributed by atoms with van der Waals surface area (Å²) in [5, 5.41) is 0. The van der Waals surface area contributed by atoms with Gasteiger partial charge in [-0.2, -0.15) is 0 Å². The lowest BCUT2D eigenvalue weighted by atomic mass is 10.1. The number of rotatable bonds is 7. The van der Waals surface area contributed by atoms with Crippen molar-refractivity contribution in [3.63, 3.8) is 0 Å². The molecule has 0 aliphatic rings. The summed E-state index contributed by atoms with van der Waals surface area (Å²) in [4.78, 5) is 14.5. The van der Waals surface area contributed by atoms with E-state index in [1.54, 1.807) is 30.2 Å². The first-order valence-corrected chi connectivity index (χ1v) is 6.73. The highest BCUT2D eigenvalue weighted by Gasteiger charge is 2.20. The van der Waals surface area contributed by atoms with Crippen molar-refractivity contribution in [2.24, 2.45) is 5.73 Å². The predicted molar refractivity (Wildman–Crippen MR) is 82.5 cm³/mol. The summed E-state index contributed by atoms with van der Waals surface area (Å²) in [5.74, 6) is 0.927. The maximum atomic E-state index is 12.6. The summed E-state index contributed by atoms with van der Waals surface area (Å²) >= 11 is 4.89. The number of thiocarbonyl (C=S) groups is 1. The van der Waals surface area contributed by atoms with Gasteiger partial charge < -0.3 is 20.1 Å².